The largest absolute Gasteiger partial charge is 0.381 e. The smallest absolute Gasteiger partial charge is 0.148 e. The van der Waals surface area contributed by atoms with Crippen molar-refractivity contribution in [2.24, 2.45) is 0 Å². The molecule has 1 saturated heterocycles. The van der Waals surface area contributed by atoms with Gasteiger partial charge >= 0.3 is 0 Å². The van der Waals surface area contributed by atoms with Crippen LogP contribution in [-0.2, 0) is 6.54 Å². The summed E-state index contributed by atoms with van der Waals surface area (Å²) < 4.78 is 27.2. The lowest BCUT2D eigenvalue weighted by Gasteiger charge is -2.19. The van der Waals surface area contributed by atoms with Gasteiger partial charge in [-0.25, -0.2) is 8.78 Å². The molecule has 0 aliphatic carbocycles. The number of rotatable bonds is 4. The molecule has 2 aromatic rings. The zero-order valence-electron chi connectivity index (χ0n) is 11.8. The van der Waals surface area contributed by atoms with Gasteiger partial charge < -0.3 is 10.2 Å². The molecule has 1 heterocycles. The van der Waals surface area contributed by atoms with Gasteiger partial charge in [0, 0.05) is 25.3 Å². The fourth-order valence-corrected chi connectivity index (χ4v) is 2.68. The molecule has 0 atom stereocenters. The quantitative estimate of drug-likeness (QED) is 0.908. The van der Waals surface area contributed by atoms with Crippen LogP contribution in [0.1, 0.15) is 18.4 Å². The molecule has 0 amide bonds. The second-order valence-corrected chi connectivity index (χ2v) is 5.34. The van der Waals surface area contributed by atoms with E-state index in [2.05, 4.69) is 10.2 Å². The molecule has 21 heavy (non-hydrogen) atoms. The van der Waals surface area contributed by atoms with Crippen LogP contribution in [0.2, 0.25) is 0 Å². The first-order valence-electron chi connectivity index (χ1n) is 7.25. The van der Waals surface area contributed by atoms with Gasteiger partial charge in [-0.15, -0.1) is 0 Å². The van der Waals surface area contributed by atoms with Gasteiger partial charge in [-0.1, -0.05) is 12.1 Å². The first kappa shape index (κ1) is 13.9. The maximum Gasteiger partial charge on any atom is 0.148 e. The Morgan fingerprint density at radius 1 is 1.00 bits per heavy atom. The second kappa shape index (κ2) is 6.12. The maximum atomic E-state index is 14.2. The summed E-state index contributed by atoms with van der Waals surface area (Å²) in [6.07, 6.45) is 2.25. The SMILES string of the molecule is Fc1cccc(CNc2ccc(N3CCCC3)c(F)c2)c1. The Kier molecular flexibility index (Phi) is 4.04. The Bertz CT molecular complexity index is 622. The van der Waals surface area contributed by atoms with E-state index in [9.17, 15) is 8.78 Å². The molecular formula is C17H18F2N2. The lowest BCUT2D eigenvalue weighted by atomic mass is 10.2. The summed E-state index contributed by atoms with van der Waals surface area (Å²) in [6, 6.07) is 11.6. The van der Waals surface area contributed by atoms with Gasteiger partial charge in [-0.05, 0) is 48.7 Å². The average molecular weight is 288 g/mol. The molecule has 3 rings (SSSR count). The number of nitrogens with zero attached hydrogens (tertiary/aromatic N) is 1. The Labute approximate surface area is 123 Å². The molecule has 1 fully saturated rings. The van der Waals surface area contributed by atoms with Crippen LogP contribution >= 0.6 is 0 Å². The highest BCUT2D eigenvalue weighted by Crippen LogP contribution is 2.26. The van der Waals surface area contributed by atoms with Crippen LogP contribution in [0.25, 0.3) is 0 Å². The van der Waals surface area contributed by atoms with E-state index in [1.165, 1.54) is 18.2 Å². The normalized spacial score (nSPS) is 14.5. The molecule has 0 aromatic heterocycles. The van der Waals surface area contributed by atoms with E-state index >= 15 is 0 Å². The molecule has 1 N–H and O–H groups in total. The first-order chi connectivity index (χ1) is 10.2. The highest BCUT2D eigenvalue weighted by molar-refractivity contribution is 5.56. The van der Waals surface area contributed by atoms with Crippen LogP contribution in [0, 0.1) is 11.6 Å². The van der Waals surface area contributed by atoms with Crippen LogP contribution in [0.3, 0.4) is 0 Å². The van der Waals surface area contributed by atoms with Gasteiger partial charge in [0.2, 0.25) is 0 Å². The third-order valence-electron chi connectivity index (χ3n) is 3.78. The summed E-state index contributed by atoms with van der Waals surface area (Å²) in [5.41, 5.74) is 2.21. The molecular weight excluding hydrogens is 270 g/mol. The molecule has 2 aromatic carbocycles. The van der Waals surface area contributed by atoms with E-state index in [0.29, 0.717) is 17.9 Å². The highest BCUT2D eigenvalue weighted by Gasteiger charge is 2.16. The minimum absolute atomic E-state index is 0.207. The molecule has 1 aliphatic rings. The number of halogens is 2. The highest BCUT2D eigenvalue weighted by atomic mass is 19.1. The minimum atomic E-state index is -0.259. The Morgan fingerprint density at radius 2 is 1.81 bits per heavy atom. The number of benzene rings is 2. The third kappa shape index (κ3) is 3.32. The summed E-state index contributed by atoms with van der Waals surface area (Å²) in [5, 5.41) is 3.12. The molecule has 4 heteroatoms. The summed E-state index contributed by atoms with van der Waals surface area (Å²) in [6.45, 7) is 2.32. The molecule has 0 bridgehead atoms. The van der Waals surface area contributed by atoms with Gasteiger partial charge in [0.15, 0.2) is 0 Å². The van der Waals surface area contributed by atoms with E-state index in [-0.39, 0.29) is 11.6 Å². The van der Waals surface area contributed by atoms with E-state index < -0.39 is 0 Å². The predicted octanol–water partition coefficient (Wildman–Crippen LogP) is 4.18. The number of hydrogen-bond donors (Lipinski definition) is 1. The zero-order chi connectivity index (χ0) is 14.7. The van der Waals surface area contributed by atoms with Crippen molar-refractivity contribution in [2.45, 2.75) is 19.4 Å². The van der Waals surface area contributed by atoms with Crippen molar-refractivity contribution in [2.75, 3.05) is 23.3 Å². The van der Waals surface area contributed by atoms with Crippen molar-refractivity contribution in [3.8, 4) is 0 Å². The Hall–Kier alpha value is -2.10. The van der Waals surface area contributed by atoms with Gasteiger partial charge in [-0.2, -0.15) is 0 Å². The Balaban J connectivity index is 1.67. The number of nitrogens with one attached hydrogen (secondary N) is 1. The van der Waals surface area contributed by atoms with Crippen LogP contribution in [-0.4, -0.2) is 13.1 Å². The van der Waals surface area contributed by atoms with Crippen molar-refractivity contribution in [3.63, 3.8) is 0 Å². The standard InChI is InChI=1S/C17H18F2N2/c18-14-5-3-4-13(10-14)12-20-15-6-7-17(16(19)11-15)21-8-1-2-9-21/h3-7,10-11,20H,1-2,8-9,12H2. The van der Waals surface area contributed by atoms with Crippen molar-refractivity contribution in [1.29, 1.82) is 0 Å². The summed E-state index contributed by atoms with van der Waals surface area (Å²) in [4.78, 5) is 2.08. The van der Waals surface area contributed by atoms with Crippen LogP contribution in [0.15, 0.2) is 42.5 Å². The summed E-state index contributed by atoms with van der Waals surface area (Å²) in [7, 11) is 0. The molecule has 2 nitrogen and oxygen atoms in total. The average Bonchev–Trinajstić information content (AvgIpc) is 2.99. The maximum absolute atomic E-state index is 14.2. The fraction of sp³-hybridized carbons (Fsp3) is 0.294. The van der Waals surface area contributed by atoms with Gasteiger partial charge in [0.1, 0.15) is 11.6 Å². The zero-order valence-corrected chi connectivity index (χ0v) is 11.8. The molecule has 0 spiro atoms. The van der Waals surface area contributed by atoms with E-state index in [1.54, 1.807) is 6.07 Å². The van der Waals surface area contributed by atoms with Crippen molar-refractivity contribution in [3.05, 3.63) is 59.7 Å². The lowest BCUT2D eigenvalue weighted by molar-refractivity contribution is 0.623. The molecule has 1 aliphatic heterocycles. The van der Waals surface area contributed by atoms with E-state index in [1.807, 2.05) is 18.2 Å². The van der Waals surface area contributed by atoms with Crippen molar-refractivity contribution in [1.82, 2.24) is 0 Å². The molecule has 0 radical (unpaired) electrons. The van der Waals surface area contributed by atoms with Crippen LogP contribution in [0.4, 0.5) is 20.2 Å². The predicted molar refractivity (Wildman–Crippen MR) is 81.6 cm³/mol. The first-order valence-corrected chi connectivity index (χ1v) is 7.25. The second-order valence-electron chi connectivity index (χ2n) is 5.34. The number of hydrogen-bond acceptors (Lipinski definition) is 2. The minimum Gasteiger partial charge on any atom is -0.381 e. The van der Waals surface area contributed by atoms with Crippen LogP contribution < -0.4 is 10.2 Å². The number of anilines is 2. The lowest BCUT2D eigenvalue weighted by Crippen LogP contribution is -2.18. The summed E-state index contributed by atoms with van der Waals surface area (Å²) >= 11 is 0. The molecule has 0 saturated carbocycles. The third-order valence-corrected chi connectivity index (χ3v) is 3.78. The Morgan fingerprint density at radius 3 is 2.52 bits per heavy atom. The topological polar surface area (TPSA) is 15.3 Å². The van der Waals surface area contributed by atoms with Crippen molar-refractivity contribution < 1.29 is 8.78 Å². The monoisotopic (exact) mass is 288 g/mol. The van der Waals surface area contributed by atoms with Crippen LogP contribution in [0.5, 0.6) is 0 Å². The van der Waals surface area contributed by atoms with E-state index in [4.69, 9.17) is 0 Å². The van der Waals surface area contributed by atoms with Gasteiger partial charge in [0.25, 0.3) is 0 Å². The van der Waals surface area contributed by atoms with E-state index in [0.717, 1.165) is 31.5 Å². The van der Waals surface area contributed by atoms with Crippen molar-refractivity contribution >= 4 is 11.4 Å². The molecule has 110 valence electrons. The molecule has 0 unspecified atom stereocenters. The van der Waals surface area contributed by atoms with Gasteiger partial charge in [0.05, 0.1) is 5.69 Å². The van der Waals surface area contributed by atoms with Gasteiger partial charge in [-0.3, -0.25) is 0 Å². The fourth-order valence-electron chi connectivity index (χ4n) is 2.68. The summed E-state index contributed by atoms with van der Waals surface area (Å²) in [5.74, 6) is -0.467.